The molecule has 3 heterocycles. The van der Waals surface area contributed by atoms with E-state index >= 15 is 0 Å². The summed E-state index contributed by atoms with van der Waals surface area (Å²) in [6, 6.07) is 5.20. The fraction of sp³-hybridized carbons (Fsp3) is 0.143. The smallest absolute Gasteiger partial charge is 0.142 e. The van der Waals surface area contributed by atoms with Gasteiger partial charge < -0.3 is 4.98 Å². The lowest BCUT2D eigenvalue weighted by Gasteiger charge is -2.04. The van der Waals surface area contributed by atoms with Crippen LogP contribution in [0, 0.1) is 12.7 Å². The molecule has 19 heavy (non-hydrogen) atoms. The predicted molar refractivity (Wildman–Crippen MR) is 72.8 cm³/mol. The van der Waals surface area contributed by atoms with Crippen LogP contribution in [0.25, 0.3) is 11.0 Å². The molecule has 3 nitrogen and oxygen atoms in total. The fourth-order valence-electron chi connectivity index (χ4n) is 2.13. The van der Waals surface area contributed by atoms with Gasteiger partial charge in [-0.1, -0.05) is 17.7 Å². The number of pyridine rings is 2. The maximum atomic E-state index is 13.3. The first-order chi connectivity index (χ1) is 9.13. The number of aromatic amines is 1. The molecule has 3 aromatic rings. The molecule has 3 aromatic heterocycles. The third-order valence-corrected chi connectivity index (χ3v) is 3.34. The second-order valence-corrected chi connectivity index (χ2v) is 4.81. The molecule has 0 saturated carbocycles. The lowest BCUT2D eigenvalue weighted by molar-refractivity contribution is 0.624. The first-order valence-corrected chi connectivity index (χ1v) is 6.25. The number of rotatable bonds is 2. The van der Waals surface area contributed by atoms with E-state index in [0.717, 1.165) is 22.2 Å². The van der Waals surface area contributed by atoms with E-state index in [1.165, 1.54) is 12.3 Å². The Labute approximate surface area is 114 Å². The van der Waals surface area contributed by atoms with E-state index in [-0.39, 0.29) is 5.82 Å². The van der Waals surface area contributed by atoms with Gasteiger partial charge in [0.05, 0.1) is 6.20 Å². The molecular formula is C14H11ClFN3. The van der Waals surface area contributed by atoms with E-state index in [9.17, 15) is 4.39 Å². The van der Waals surface area contributed by atoms with Crippen molar-refractivity contribution in [3.05, 3.63) is 58.4 Å². The lowest BCUT2D eigenvalue weighted by Crippen LogP contribution is -1.94. The van der Waals surface area contributed by atoms with Crippen LogP contribution in [0.2, 0.25) is 5.15 Å². The van der Waals surface area contributed by atoms with Crippen LogP contribution < -0.4 is 0 Å². The summed E-state index contributed by atoms with van der Waals surface area (Å²) < 4.78 is 13.3. The molecule has 0 fully saturated rings. The van der Waals surface area contributed by atoms with Crippen molar-refractivity contribution in [2.45, 2.75) is 13.3 Å². The largest absolute Gasteiger partial charge is 0.346 e. The van der Waals surface area contributed by atoms with Gasteiger partial charge >= 0.3 is 0 Å². The standard InChI is InChI=1S/C14H11ClFN3/c1-8-9(2-3-13(15)19-8)4-10-6-17-14-12(10)5-11(16)7-18-14/h2-3,5-7H,4H2,1H3,(H,17,18). The molecule has 1 N–H and O–H groups in total. The molecule has 0 radical (unpaired) electrons. The lowest BCUT2D eigenvalue weighted by atomic mass is 10.0. The number of fused-ring (bicyclic) bond motifs is 1. The first kappa shape index (κ1) is 12.1. The van der Waals surface area contributed by atoms with Crippen LogP contribution in [-0.2, 0) is 6.42 Å². The van der Waals surface area contributed by atoms with Gasteiger partial charge in [-0.05, 0) is 30.2 Å². The molecule has 0 unspecified atom stereocenters. The summed E-state index contributed by atoms with van der Waals surface area (Å²) in [5.41, 5.74) is 3.63. The highest BCUT2D eigenvalue weighted by molar-refractivity contribution is 6.29. The minimum atomic E-state index is -0.334. The van der Waals surface area contributed by atoms with Crippen molar-refractivity contribution >= 4 is 22.6 Å². The Kier molecular flexibility index (Phi) is 2.95. The second kappa shape index (κ2) is 4.63. The molecule has 3 rings (SSSR count). The zero-order chi connectivity index (χ0) is 13.4. The van der Waals surface area contributed by atoms with Crippen LogP contribution in [0.3, 0.4) is 0 Å². The maximum Gasteiger partial charge on any atom is 0.142 e. The van der Waals surface area contributed by atoms with Crippen molar-refractivity contribution in [2.24, 2.45) is 0 Å². The van der Waals surface area contributed by atoms with Gasteiger partial charge in [0, 0.05) is 23.7 Å². The van der Waals surface area contributed by atoms with Crippen LogP contribution in [0.4, 0.5) is 4.39 Å². The van der Waals surface area contributed by atoms with E-state index < -0.39 is 0 Å². The number of hydrogen-bond acceptors (Lipinski definition) is 2. The third-order valence-electron chi connectivity index (χ3n) is 3.13. The molecule has 0 bridgehead atoms. The topological polar surface area (TPSA) is 41.6 Å². The molecule has 5 heteroatoms. The van der Waals surface area contributed by atoms with Crippen LogP contribution in [0.1, 0.15) is 16.8 Å². The molecule has 0 aliphatic heterocycles. The zero-order valence-corrected chi connectivity index (χ0v) is 11.0. The molecule has 0 spiro atoms. The summed E-state index contributed by atoms with van der Waals surface area (Å²) >= 11 is 5.84. The Hall–Kier alpha value is -1.94. The summed E-state index contributed by atoms with van der Waals surface area (Å²) in [6.45, 7) is 1.91. The highest BCUT2D eigenvalue weighted by Gasteiger charge is 2.09. The predicted octanol–water partition coefficient (Wildman–Crippen LogP) is 3.65. The number of halogens is 2. The Balaban J connectivity index is 2.03. The number of aryl methyl sites for hydroxylation is 1. The highest BCUT2D eigenvalue weighted by Crippen LogP contribution is 2.22. The Morgan fingerprint density at radius 2 is 2.16 bits per heavy atom. The number of aromatic nitrogens is 3. The monoisotopic (exact) mass is 275 g/mol. The van der Waals surface area contributed by atoms with Crippen LogP contribution in [0.5, 0.6) is 0 Å². The van der Waals surface area contributed by atoms with Crippen molar-refractivity contribution in [2.75, 3.05) is 0 Å². The van der Waals surface area contributed by atoms with Gasteiger partial charge in [-0.3, -0.25) is 0 Å². The van der Waals surface area contributed by atoms with Gasteiger partial charge in [-0.25, -0.2) is 14.4 Å². The van der Waals surface area contributed by atoms with Crippen molar-refractivity contribution < 1.29 is 4.39 Å². The molecule has 0 aromatic carbocycles. The number of H-pyrrole nitrogens is 1. The van der Waals surface area contributed by atoms with Crippen LogP contribution >= 0.6 is 11.6 Å². The van der Waals surface area contributed by atoms with Gasteiger partial charge in [-0.2, -0.15) is 0 Å². The van der Waals surface area contributed by atoms with E-state index in [1.54, 1.807) is 6.07 Å². The van der Waals surface area contributed by atoms with E-state index in [0.29, 0.717) is 17.2 Å². The summed E-state index contributed by atoms with van der Waals surface area (Å²) in [5.74, 6) is -0.334. The quantitative estimate of drug-likeness (QED) is 0.725. The van der Waals surface area contributed by atoms with E-state index in [4.69, 9.17) is 11.6 Å². The minimum absolute atomic E-state index is 0.334. The van der Waals surface area contributed by atoms with Gasteiger partial charge in [-0.15, -0.1) is 0 Å². The Bertz CT molecular complexity index is 752. The number of hydrogen-bond donors (Lipinski definition) is 1. The van der Waals surface area contributed by atoms with Gasteiger partial charge in [0.2, 0.25) is 0 Å². The molecule has 0 aliphatic rings. The summed E-state index contributed by atoms with van der Waals surface area (Å²) in [5, 5.41) is 1.28. The molecule has 0 saturated heterocycles. The van der Waals surface area contributed by atoms with Gasteiger partial charge in [0.15, 0.2) is 0 Å². The summed E-state index contributed by atoms with van der Waals surface area (Å²) in [4.78, 5) is 11.3. The molecular weight excluding hydrogens is 265 g/mol. The van der Waals surface area contributed by atoms with Gasteiger partial charge in [0.1, 0.15) is 16.6 Å². The average Bonchev–Trinajstić information content (AvgIpc) is 2.75. The first-order valence-electron chi connectivity index (χ1n) is 5.87. The molecule has 0 amide bonds. The van der Waals surface area contributed by atoms with Crippen molar-refractivity contribution in [1.29, 1.82) is 0 Å². The van der Waals surface area contributed by atoms with Crippen molar-refractivity contribution in [3.8, 4) is 0 Å². The SMILES string of the molecule is Cc1nc(Cl)ccc1Cc1c[nH]c2ncc(F)cc12. The maximum absolute atomic E-state index is 13.3. The van der Waals surface area contributed by atoms with E-state index in [1.807, 2.05) is 19.2 Å². The number of nitrogens with zero attached hydrogens (tertiary/aromatic N) is 2. The minimum Gasteiger partial charge on any atom is -0.346 e. The summed E-state index contributed by atoms with van der Waals surface area (Å²) in [7, 11) is 0. The molecule has 96 valence electrons. The Morgan fingerprint density at radius 1 is 1.32 bits per heavy atom. The normalized spacial score (nSPS) is 11.1. The van der Waals surface area contributed by atoms with Crippen LogP contribution in [0.15, 0.2) is 30.6 Å². The van der Waals surface area contributed by atoms with Crippen LogP contribution in [-0.4, -0.2) is 15.0 Å². The fourth-order valence-corrected chi connectivity index (χ4v) is 2.32. The second-order valence-electron chi connectivity index (χ2n) is 4.42. The van der Waals surface area contributed by atoms with Crippen molar-refractivity contribution in [3.63, 3.8) is 0 Å². The van der Waals surface area contributed by atoms with Gasteiger partial charge in [0.25, 0.3) is 0 Å². The highest BCUT2D eigenvalue weighted by atomic mass is 35.5. The average molecular weight is 276 g/mol. The molecule has 0 aliphatic carbocycles. The molecule has 0 atom stereocenters. The summed E-state index contributed by atoms with van der Waals surface area (Å²) in [6.07, 6.45) is 3.73. The van der Waals surface area contributed by atoms with Crippen molar-refractivity contribution in [1.82, 2.24) is 15.0 Å². The third kappa shape index (κ3) is 2.31. The number of nitrogens with one attached hydrogen (secondary N) is 1. The zero-order valence-electron chi connectivity index (χ0n) is 10.2. The van der Waals surface area contributed by atoms with E-state index in [2.05, 4.69) is 15.0 Å². The Morgan fingerprint density at radius 3 is 2.95 bits per heavy atom.